The fourth-order valence-corrected chi connectivity index (χ4v) is 3.49. The molecule has 2 aromatic rings. The predicted octanol–water partition coefficient (Wildman–Crippen LogP) is 3.30. The van der Waals surface area contributed by atoms with E-state index in [0.29, 0.717) is 32.8 Å². The number of ether oxygens (including phenoxy) is 2. The lowest BCUT2D eigenvalue weighted by Crippen LogP contribution is -2.56. The van der Waals surface area contributed by atoms with E-state index in [9.17, 15) is 4.79 Å². The van der Waals surface area contributed by atoms with Crippen molar-refractivity contribution in [3.8, 4) is 0 Å². The molecule has 1 amide bonds. The molecule has 0 spiro atoms. The zero-order valence-corrected chi connectivity index (χ0v) is 17.0. The number of hydrogen-bond acceptors (Lipinski definition) is 4. The van der Waals surface area contributed by atoms with E-state index >= 15 is 0 Å². The van der Waals surface area contributed by atoms with Gasteiger partial charge in [-0.3, -0.25) is 9.69 Å². The third kappa shape index (κ3) is 5.19. The lowest BCUT2D eigenvalue weighted by molar-refractivity contribution is -0.133. The van der Waals surface area contributed by atoms with Crippen molar-refractivity contribution < 1.29 is 14.3 Å². The minimum absolute atomic E-state index is 0.00976. The van der Waals surface area contributed by atoms with Gasteiger partial charge in [0.2, 0.25) is 5.91 Å². The number of benzene rings is 2. The number of nitrogens with zero attached hydrogens (tertiary/aromatic N) is 1. The summed E-state index contributed by atoms with van der Waals surface area (Å²) in [6, 6.07) is 18.2. The number of carbonyl (C=O) groups is 1. The number of amides is 1. The maximum atomic E-state index is 12.7. The van der Waals surface area contributed by atoms with E-state index in [1.807, 2.05) is 42.5 Å². The Hall–Kier alpha value is -2.21. The number of rotatable bonds is 7. The lowest BCUT2D eigenvalue weighted by Gasteiger charge is -2.45. The fraction of sp³-hybridized carbons (Fsp3) is 0.435. The number of nitrogens with one attached hydrogen (secondary N) is 1. The molecule has 3 rings (SSSR count). The monoisotopic (exact) mass is 382 g/mol. The highest BCUT2D eigenvalue weighted by atomic mass is 16.5. The van der Waals surface area contributed by atoms with E-state index in [2.05, 4.69) is 36.2 Å². The molecule has 5 heteroatoms. The number of methoxy groups -OCH3 is 1. The highest BCUT2D eigenvalue weighted by molar-refractivity contribution is 5.78. The molecule has 2 aromatic carbocycles. The first-order valence-corrected chi connectivity index (χ1v) is 9.73. The van der Waals surface area contributed by atoms with Gasteiger partial charge in [0.25, 0.3) is 0 Å². The Morgan fingerprint density at radius 1 is 1.14 bits per heavy atom. The Kier molecular flexibility index (Phi) is 6.83. The van der Waals surface area contributed by atoms with Crippen LogP contribution in [0.4, 0.5) is 0 Å². The molecule has 0 aliphatic carbocycles. The summed E-state index contributed by atoms with van der Waals surface area (Å²) in [6.45, 7) is 6.94. The Morgan fingerprint density at radius 3 is 2.54 bits per heavy atom. The van der Waals surface area contributed by atoms with Crippen LogP contribution in [0.5, 0.6) is 0 Å². The molecule has 0 saturated carbocycles. The zero-order valence-electron chi connectivity index (χ0n) is 17.0. The maximum Gasteiger partial charge on any atom is 0.234 e. The van der Waals surface area contributed by atoms with E-state index in [0.717, 1.165) is 16.7 Å². The van der Waals surface area contributed by atoms with Crippen molar-refractivity contribution in [1.82, 2.24) is 10.2 Å². The van der Waals surface area contributed by atoms with Gasteiger partial charge in [-0.1, -0.05) is 54.6 Å². The molecule has 0 aromatic heterocycles. The first kappa shape index (κ1) is 20.5. The van der Waals surface area contributed by atoms with Crippen LogP contribution in [0.1, 0.15) is 36.6 Å². The Labute approximate surface area is 167 Å². The predicted molar refractivity (Wildman–Crippen MR) is 110 cm³/mol. The smallest absolute Gasteiger partial charge is 0.234 e. The largest absolute Gasteiger partial charge is 0.380 e. The van der Waals surface area contributed by atoms with E-state index in [1.165, 1.54) is 0 Å². The first-order valence-electron chi connectivity index (χ1n) is 9.73. The maximum absolute atomic E-state index is 12.7. The normalized spacial score (nSPS) is 19.3. The molecule has 1 aliphatic rings. The minimum Gasteiger partial charge on any atom is -0.380 e. The summed E-state index contributed by atoms with van der Waals surface area (Å²) < 4.78 is 11.3. The molecule has 0 radical (unpaired) electrons. The third-order valence-electron chi connectivity index (χ3n) is 5.28. The second kappa shape index (κ2) is 9.32. The fourth-order valence-electron chi connectivity index (χ4n) is 3.49. The molecule has 0 bridgehead atoms. The van der Waals surface area contributed by atoms with E-state index in [1.54, 1.807) is 7.11 Å². The van der Waals surface area contributed by atoms with Crippen LogP contribution in [-0.4, -0.2) is 43.2 Å². The van der Waals surface area contributed by atoms with Gasteiger partial charge in [0, 0.05) is 25.7 Å². The third-order valence-corrected chi connectivity index (χ3v) is 5.28. The molecule has 1 unspecified atom stereocenters. The second-order valence-corrected chi connectivity index (χ2v) is 7.88. The molecule has 5 nitrogen and oxygen atoms in total. The van der Waals surface area contributed by atoms with Crippen LogP contribution < -0.4 is 5.32 Å². The number of carbonyl (C=O) groups excluding carboxylic acids is 1. The van der Waals surface area contributed by atoms with Gasteiger partial charge in [0.1, 0.15) is 0 Å². The standard InChI is InChI=1S/C23H30N2O3/c1-23(2)17-28-21(18-9-5-4-6-10-18)14-25(23)15-22(26)24-13-19-11-7-8-12-20(19)16-27-3/h4-12,21H,13-17H2,1-3H3,(H,24,26). The van der Waals surface area contributed by atoms with Crippen molar-refractivity contribution in [3.05, 3.63) is 71.3 Å². The Balaban J connectivity index is 1.60. The molecule has 1 heterocycles. The first-order chi connectivity index (χ1) is 13.5. The Morgan fingerprint density at radius 2 is 1.82 bits per heavy atom. The number of morpholine rings is 1. The van der Waals surface area contributed by atoms with Crippen molar-refractivity contribution >= 4 is 5.91 Å². The molecule has 28 heavy (non-hydrogen) atoms. The highest BCUT2D eigenvalue weighted by Crippen LogP contribution is 2.29. The van der Waals surface area contributed by atoms with Gasteiger partial charge in [-0.15, -0.1) is 0 Å². The lowest BCUT2D eigenvalue weighted by atomic mass is 9.98. The molecule has 150 valence electrons. The number of hydrogen-bond donors (Lipinski definition) is 1. The highest BCUT2D eigenvalue weighted by Gasteiger charge is 2.36. The van der Waals surface area contributed by atoms with Gasteiger partial charge in [0.15, 0.2) is 0 Å². The topological polar surface area (TPSA) is 50.8 Å². The van der Waals surface area contributed by atoms with Crippen LogP contribution >= 0.6 is 0 Å². The van der Waals surface area contributed by atoms with E-state index in [-0.39, 0.29) is 17.6 Å². The molecule has 1 atom stereocenters. The van der Waals surface area contributed by atoms with Gasteiger partial charge in [-0.05, 0) is 30.5 Å². The van der Waals surface area contributed by atoms with Crippen LogP contribution in [-0.2, 0) is 27.4 Å². The molecular formula is C23H30N2O3. The summed E-state index contributed by atoms with van der Waals surface area (Å²) >= 11 is 0. The molecule has 1 fully saturated rings. The second-order valence-electron chi connectivity index (χ2n) is 7.88. The average Bonchev–Trinajstić information content (AvgIpc) is 2.70. The summed E-state index contributed by atoms with van der Waals surface area (Å²) in [4.78, 5) is 14.9. The van der Waals surface area contributed by atoms with Crippen LogP contribution in [0.2, 0.25) is 0 Å². The minimum atomic E-state index is -0.184. The Bertz CT molecular complexity index is 776. The van der Waals surface area contributed by atoms with E-state index < -0.39 is 0 Å². The van der Waals surface area contributed by atoms with Gasteiger partial charge in [-0.25, -0.2) is 0 Å². The molecular weight excluding hydrogens is 352 g/mol. The van der Waals surface area contributed by atoms with Crippen molar-refractivity contribution in [2.45, 2.75) is 38.6 Å². The van der Waals surface area contributed by atoms with Crippen LogP contribution in [0.25, 0.3) is 0 Å². The van der Waals surface area contributed by atoms with Crippen molar-refractivity contribution in [1.29, 1.82) is 0 Å². The summed E-state index contributed by atoms with van der Waals surface area (Å²) in [5.74, 6) is 0.0222. The van der Waals surface area contributed by atoms with Crippen LogP contribution in [0, 0.1) is 0 Å². The van der Waals surface area contributed by atoms with Crippen molar-refractivity contribution in [2.24, 2.45) is 0 Å². The molecule has 1 N–H and O–H groups in total. The molecule has 1 saturated heterocycles. The van der Waals surface area contributed by atoms with Gasteiger partial charge < -0.3 is 14.8 Å². The SMILES string of the molecule is COCc1ccccc1CNC(=O)CN1CC(c2ccccc2)OCC1(C)C. The zero-order chi connectivity index (χ0) is 20.0. The summed E-state index contributed by atoms with van der Waals surface area (Å²) in [5.41, 5.74) is 3.15. The van der Waals surface area contributed by atoms with Crippen molar-refractivity contribution in [3.63, 3.8) is 0 Å². The summed E-state index contributed by atoms with van der Waals surface area (Å²) in [6.07, 6.45) is -0.00976. The summed E-state index contributed by atoms with van der Waals surface area (Å²) in [7, 11) is 1.68. The average molecular weight is 383 g/mol. The van der Waals surface area contributed by atoms with E-state index in [4.69, 9.17) is 9.47 Å². The van der Waals surface area contributed by atoms with Gasteiger partial charge >= 0.3 is 0 Å². The van der Waals surface area contributed by atoms with Crippen LogP contribution in [0.3, 0.4) is 0 Å². The summed E-state index contributed by atoms with van der Waals surface area (Å²) in [5, 5.41) is 3.06. The molecule has 1 aliphatic heterocycles. The quantitative estimate of drug-likeness (QED) is 0.798. The van der Waals surface area contributed by atoms with Gasteiger partial charge in [0.05, 0.1) is 25.9 Å². The van der Waals surface area contributed by atoms with Crippen LogP contribution in [0.15, 0.2) is 54.6 Å². The van der Waals surface area contributed by atoms with Gasteiger partial charge in [-0.2, -0.15) is 0 Å². The van der Waals surface area contributed by atoms with Crippen molar-refractivity contribution in [2.75, 3.05) is 26.8 Å².